The maximum atomic E-state index is 12.7. The number of rotatable bonds is 3. The monoisotopic (exact) mass is 374 g/mol. The summed E-state index contributed by atoms with van der Waals surface area (Å²) in [5.41, 5.74) is 0.996. The molecular weight excluding hydrogens is 352 g/mol. The number of benzene rings is 1. The maximum Gasteiger partial charge on any atom is 0.243 e. The van der Waals surface area contributed by atoms with Crippen LogP contribution in [0.3, 0.4) is 0 Å². The van der Waals surface area contributed by atoms with Crippen LogP contribution >= 0.6 is 0 Å². The number of piperazine rings is 1. The Hall–Kier alpha value is -1.00. The first-order chi connectivity index (χ1) is 11.2. The van der Waals surface area contributed by atoms with Gasteiger partial charge >= 0.3 is 0 Å². The lowest BCUT2D eigenvalue weighted by molar-refractivity contribution is 0.0618. The second-order valence-electron chi connectivity index (χ2n) is 6.46. The Labute approximate surface area is 142 Å². The van der Waals surface area contributed by atoms with E-state index >= 15 is 0 Å². The summed E-state index contributed by atoms with van der Waals surface area (Å²) in [4.78, 5) is 2.15. The molecule has 2 heterocycles. The molecule has 1 aromatic rings. The highest BCUT2D eigenvalue weighted by molar-refractivity contribution is 7.91. The second kappa shape index (κ2) is 6.38. The van der Waals surface area contributed by atoms with Crippen molar-refractivity contribution in [2.45, 2.75) is 24.0 Å². The van der Waals surface area contributed by atoms with Crippen molar-refractivity contribution in [3.05, 3.63) is 29.8 Å². The minimum Gasteiger partial charge on any atom is -0.390 e. The fraction of sp³-hybridized carbons (Fsp3) is 0.600. The molecule has 0 amide bonds. The van der Waals surface area contributed by atoms with E-state index in [1.807, 2.05) is 11.8 Å². The Balaban J connectivity index is 1.68. The molecular formula is C15H22N2O5S2. The van der Waals surface area contributed by atoms with E-state index in [0.29, 0.717) is 26.2 Å². The van der Waals surface area contributed by atoms with Gasteiger partial charge in [-0.05, 0) is 19.1 Å². The van der Waals surface area contributed by atoms with E-state index in [2.05, 4.69) is 0 Å². The lowest BCUT2D eigenvalue weighted by Gasteiger charge is -2.37. The normalized spacial score (nSPS) is 28.9. The van der Waals surface area contributed by atoms with Gasteiger partial charge in [0.25, 0.3) is 0 Å². The Morgan fingerprint density at radius 2 is 1.62 bits per heavy atom. The number of hydrogen-bond donors (Lipinski definition) is 1. The topological polar surface area (TPSA) is 95.0 Å². The Morgan fingerprint density at radius 1 is 1.04 bits per heavy atom. The van der Waals surface area contributed by atoms with Crippen molar-refractivity contribution >= 4 is 19.9 Å². The van der Waals surface area contributed by atoms with Crippen LogP contribution in [0.1, 0.15) is 5.56 Å². The smallest absolute Gasteiger partial charge is 0.243 e. The van der Waals surface area contributed by atoms with Crippen molar-refractivity contribution in [3.63, 3.8) is 0 Å². The summed E-state index contributed by atoms with van der Waals surface area (Å²) in [7, 11) is -6.74. The van der Waals surface area contributed by atoms with Gasteiger partial charge in [-0.3, -0.25) is 4.90 Å². The first-order valence-electron chi connectivity index (χ1n) is 7.88. The molecule has 2 aliphatic rings. The van der Waals surface area contributed by atoms with Crippen molar-refractivity contribution in [3.8, 4) is 0 Å². The molecule has 2 atom stereocenters. The minimum absolute atomic E-state index is 0.0567. The molecule has 2 fully saturated rings. The fourth-order valence-corrected chi connectivity index (χ4v) is 6.55. The largest absolute Gasteiger partial charge is 0.390 e. The highest BCUT2D eigenvalue weighted by Gasteiger charge is 2.41. The van der Waals surface area contributed by atoms with Crippen LogP contribution in [-0.4, -0.2) is 81.0 Å². The van der Waals surface area contributed by atoms with E-state index in [1.165, 1.54) is 4.31 Å². The van der Waals surface area contributed by atoms with Gasteiger partial charge in [0.2, 0.25) is 10.0 Å². The number of aryl methyl sites for hydroxylation is 1. The van der Waals surface area contributed by atoms with Crippen molar-refractivity contribution in [2.24, 2.45) is 0 Å². The average molecular weight is 374 g/mol. The predicted molar refractivity (Wildman–Crippen MR) is 90.0 cm³/mol. The zero-order chi connectivity index (χ0) is 17.5. The number of aliphatic hydroxyl groups is 1. The highest BCUT2D eigenvalue weighted by atomic mass is 32.2. The Morgan fingerprint density at radius 3 is 2.12 bits per heavy atom. The van der Waals surface area contributed by atoms with Crippen LogP contribution in [0, 0.1) is 6.92 Å². The molecule has 0 saturated carbocycles. The lowest BCUT2D eigenvalue weighted by Crippen LogP contribution is -2.54. The SMILES string of the molecule is Cc1ccc(S(=O)(=O)N2CCN([C@H]3CS(=O)(=O)C[C@@H]3O)CC2)cc1. The highest BCUT2D eigenvalue weighted by Crippen LogP contribution is 2.23. The van der Waals surface area contributed by atoms with Gasteiger partial charge in [-0.25, -0.2) is 16.8 Å². The molecule has 0 spiro atoms. The molecule has 134 valence electrons. The third kappa shape index (κ3) is 3.50. The van der Waals surface area contributed by atoms with E-state index in [4.69, 9.17) is 0 Å². The molecule has 2 saturated heterocycles. The fourth-order valence-electron chi connectivity index (χ4n) is 3.29. The van der Waals surface area contributed by atoms with Crippen LogP contribution in [0.4, 0.5) is 0 Å². The van der Waals surface area contributed by atoms with E-state index in [-0.39, 0.29) is 16.4 Å². The quantitative estimate of drug-likeness (QED) is 0.764. The number of nitrogens with zero attached hydrogens (tertiary/aromatic N) is 2. The molecule has 0 radical (unpaired) electrons. The second-order valence-corrected chi connectivity index (χ2v) is 10.6. The number of hydrogen-bond acceptors (Lipinski definition) is 6. The maximum absolute atomic E-state index is 12.7. The van der Waals surface area contributed by atoms with Crippen LogP contribution in [0.5, 0.6) is 0 Å². The van der Waals surface area contributed by atoms with Crippen molar-refractivity contribution < 1.29 is 21.9 Å². The van der Waals surface area contributed by atoms with Gasteiger partial charge in [-0.15, -0.1) is 0 Å². The predicted octanol–water partition coefficient (Wildman–Crippen LogP) is -0.541. The van der Waals surface area contributed by atoms with Gasteiger partial charge in [-0.1, -0.05) is 17.7 Å². The van der Waals surface area contributed by atoms with E-state index in [9.17, 15) is 21.9 Å². The summed E-state index contributed by atoms with van der Waals surface area (Å²) in [6.45, 7) is 3.32. The van der Waals surface area contributed by atoms with E-state index in [1.54, 1.807) is 24.3 Å². The van der Waals surface area contributed by atoms with Crippen molar-refractivity contribution in [1.29, 1.82) is 0 Å². The Kier molecular flexibility index (Phi) is 4.73. The van der Waals surface area contributed by atoms with Crippen LogP contribution in [-0.2, 0) is 19.9 Å². The first-order valence-corrected chi connectivity index (χ1v) is 11.1. The summed E-state index contributed by atoms with van der Waals surface area (Å²) in [6.07, 6.45) is -0.893. The molecule has 0 bridgehead atoms. The zero-order valence-corrected chi connectivity index (χ0v) is 15.1. The summed E-state index contributed by atoms with van der Waals surface area (Å²) < 4.78 is 50.0. The number of sulfonamides is 1. The standard InChI is InChI=1S/C15H22N2O5S2/c1-12-2-4-13(5-3-12)24(21,22)17-8-6-16(7-9-17)14-10-23(19,20)11-15(14)18/h2-5,14-15,18H,6-11H2,1H3/t14-,15-/m0/s1. The third-order valence-corrected chi connectivity index (χ3v) is 8.31. The summed E-state index contributed by atoms with van der Waals surface area (Å²) >= 11 is 0. The molecule has 7 nitrogen and oxygen atoms in total. The summed E-state index contributed by atoms with van der Waals surface area (Å²) in [5.74, 6) is -0.265. The van der Waals surface area contributed by atoms with Gasteiger partial charge < -0.3 is 5.11 Å². The van der Waals surface area contributed by atoms with Gasteiger partial charge in [0.05, 0.1) is 28.5 Å². The molecule has 3 rings (SSSR count). The molecule has 24 heavy (non-hydrogen) atoms. The van der Waals surface area contributed by atoms with Gasteiger partial charge in [-0.2, -0.15) is 4.31 Å². The molecule has 0 aliphatic carbocycles. The Bertz CT molecular complexity index is 797. The van der Waals surface area contributed by atoms with Gasteiger partial charge in [0, 0.05) is 26.2 Å². The molecule has 2 aliphatic heterocycles. The molecule has 1 aromatic carbocycles. The number of aliphatic hydroxyl groups excluding tert-OH is 1. The summed E-state index contributed by atoms with van der Waals surface area (Å²) in [5, 5.41) is 9.95. The van der Waals surface area contributed by atoms with Crippen LogP contribution < -0.4 is 0 Å². The zero-order valence-electron chi connectivity index (χ0n) is 13.5. The molecule has 0 unspecified atom stereocenters. The first kappa shape index (κ1) is 17.8. The third-order valence-electron chi connectivity index (χ3n) is 4.69. The van der Waals surface area contributed by atoms with Gasteiger partial charge in [0.15, 0.2) is 9.84 Å². The van der Waals surface area contributed by atoms with Crippen LogP contribution in [0.25, 0.3) is 0 Å². The van der Waals surface area contributed by atoms with Crippen LogP contribution in [0.15, 0.2) is 29.2 Å². The molecule has 0 aromatic heterocycles. The number of sulfone groups is 1. The minimum atomic E-state index is -3.54. The van der Waals surface area contributed by atoms with E-state index < -0.39 is 32.0 Å². The summed E-state index contributed by atoms with van der Waals surface area (Å²) in [6, 6.07) is 6.31. The van der Waals surface area contributed by atoms with Gasteiger partial charge in [0.1, 0.15) is 0 Å². The van der Waals surface area contributed by atoms with Crippen molar-refractivity contribution in [1.82, 2.24) is 9.21 Å². The molecule has 1 N–H and O–H groups in total. The lowest BCUT2D eigenvalue weighted by atomic mass is 10.1. The van der Waals surface area contributed by atoms with E-state index in [0.717, 1.165) is 5.56 Å². The molecule has 9 heteroatoms. The van der Waals surface area contributed by atoms with Crippen LogP contribution in [0.2, 0.25) is 0 Å². The van der Waals surface area contributed by atoms with Crippen molar-refractivity contribution in [2.75, 3.05) is 37.7 Å². The average Bonchev–Trinajstić information content (AvgIpc) is 2.81.